The monoisotopic (exact) mass is 492 g/mol. The van der Waals surface area contributed by atoms with E-state index in [1.165, 1.54) is 12.1 Å². The lowest BCUT2D eigenvalue weighted by Gasteiger charge is -2.40. The van der Waals surface area contributed by atoms with Crippen molar-refractivity contribution < 1.29 is 54.4 Å². The average molecular weight is 492 g/mol. The summed E-state index contributed by atoms with van der Waals surface area (Å²) in [5, 5.41) is 60.1. The summed E-state index contributed by atoms with van der Waals surface area (Å²) in [6, 6.07) is 16.2. The molecule has 1 aliphatic rings. The normalized spacial score (nSPS) is 26.9. The molecule has 11 nitrogen and oxygen atoms in total. The van der Waals surface area contributed by atoms with Crippen LogP contribution < -0.4 is 0 Å². The van der Waals surface area contributed by atoms with E-state index < -0.39 is 67.6 Å². The van der Waals surface area contributed by atoms with Gasteiger partial charge in [-0.1, -0.05) is 60.7 Å². The van der Waals surface area contributed by atoms with Gasteiger partial charge >= 0.3 is 11.9 Å². The third-order valence-electron chi connectivity index (χ3n) is 5.56. The zero-order valence-corrected chi connectivity index (χ0v) is 18.6. The van der Waals surface area contributed by atoms with Gasteiger partial charge in [0.15, 0.2) is 11.9 Å². The molecule has 0 bridgehead atoms. The van der Waals surface area contributed by atoms with E-state index in [9.17, 15) is 40.2 Å². The first-order valence-corrected chi connectivity index (χ1v) is 10.8. The zero-order chi connectivity index (χ0) is 25.6. The van der Waals surface area contributed by atoms with Gasteiger partial charge in [-0.15, -0.1) is 0 Å². The molecule has 0 spiro atoms. The summed E-state index contributed by atoms with van der Waals surface area (Å²) in [4.78, 5) is 24.5. The van der Waals surface area contributed by atoms with Gasteiger partial charge in [-0.3, -0.25) is 4.79 Å². The van der Waals surface area contributed by atoms with Crippen molar-refractivity contribution in [1.82, 2.24) is 0 Å². The lowest BCUT2D eigenvalue weighted by molar-refractivity contribution is -0.336. The van der Waals surface area contributed by atoms with Gasteiger partial charge in [-0.2, -0.15) is 0 Å². The van der Waals surface area contributed by atoms with Gasteiger partial charge in [0.2, 0.25) is 6.29 Å². The van der Waals surface area contributed by atoms with E-state index >= 15 is 0 Å². The number of carboxylic acid groups (broad SMARTS) is 1. The van der Waals surface area contributed by atoms with Crippen molar-refractivity contribution in [3.63, 3.8) is 0 Å². The summed E-state index contributed by atoms with van der Waals surface area (Å²) in [6.07, 6.45) is -11.0. The van der Waals surface area contributed by atoms with Crippen LogP contribution in [0.25, 0.3) is 0 Å². The Kier molecular flexibility index (Phi) is 8.92. The van der Waals surface area contributed by atoms with E-state index in [4.69, 9.17) is 14.2 Å². The van der Waals surface area contributed by atoms with Crippen molar-refractivity contribution in [2.45, 2.75) is 55.4 Å². The summed E-state index contributed by atoms with van der Waals surface area (Å²) in [5.74, 6) is -2.74. The molecular weight excluding hydrogens is 464 g/mol. The average Bonchev–Trinajstić information content (AvgIpc) is 2.84. The minimum absolute atomic E-state index is 0.246. The van der Waals surface area contributed by atoms with Crippen molar-refractivity contribution in [3.05, 3.63) is 71.8 Å². The predicted molar refractivity (Wildman–Crippen MR) is 117 cm³/mol. The number of rotatable bonds is 10. The molecule has 7 atom stereocenters. The van der Waals surface area contributed by atoms with E-state index in [-0.39, 0.29) is 12.0 Å². The number of aliphatic hydroxyl groups excluding tert-OH is 4. The van der Waals surface area contributed by atoms with E-state index in [1.807, 2.05) is 0 Å². The maximum absolute atomic E-state index is 13.1. The van der Waals surface area contributed by atoms with E-state index in [0.29, 0.717) is 5.56 Å². The number of carbonyl (C=O) groups excluding carboxylic acids is 1. The molecule has 6 N–H and O–H groups in total. The SMILES string of the molecule is O=C(O)CC(O)(Cc1ccccc1)C(=O)OC(OC1O[C@H](CO)[C@@H](O)[C@H](O)[C@H]1O)c1ccccc1. The molecule has 0 aromatic heterocycles. The van der Waals surface area contributed by atoms with E-state index in [2.05, 4.69) is 0 Å². The number of aliphatic carboxylic acids is 1. The van der Waals surface area contributed by atoms with Crippen molar-refractivity contribution in [2.24, 2.45) is 0 Å². The molecule has 1 aliphatic heterocycles. The molecule has 0 saturated carbocycles. The second-order valence-corrected chi connectivity index (χ2v) is 8.25. The molecule has 0 aliphatic carbocycles. The maximum Gasteiger partial charge on any atom is 0.341 e. The van der Waals surface area contributed by atoms with Gasteiger partial charge in [0, 0.05) is 12.0 Å². The van der Waals surface area contributed by atoms with Crippen LogP contribution >= 0.6 is 0 Å². The fourth-order valence-electron chi connectivity index (χ4n) is 3.68. The minimum atomic E-state index is -2.46. The van der Waals surface area contributed by atoms with Gasteiger partial charge in [-0.25, -0.2) is 4.79 Å². The van der Waals surface area contributed by atoms with Crippen LogP contribution in [0.4, 0.5) is 0 Å². The van der Waals surface area contributed by atoms with Gasteiger partial charge < -0.3 is 44.8 Å². The molecule has 190 valence electrons. The van der Waals surface area contributed by atoms with Gasteiger partial charge in [-0.05, 0) is 5.56 Å². The Morgan fingerprint density at radius 3 is 2.11 bits per heavy atom. The Morgan fingerprint density at radius 2 is 1.54 bits per heavy atom. The number of carbonyl (C=O) groups is 2. The largest absolute Gasteiger partial charge is 0.481 e. The molecule has 0 amide bonds. The number of carboxylic acids is 1. The van der Waals surface area contributed by atoms with E-state index in [0.717, 1.165) is 0 Å². The van der Waals surface area contributed by atoms with E-state index in [1.54, 1.807) is 48.5 Å². The Morgan fingerprint density at radius 1 is 0.943 bits per heavy atom. The maximum atomic E-state index is 13.1. The third-order valence-corrected chi connectivity index (χ3v) is 5.56. The molecule has 2 aromatic rings. The smallest absolute Gasteiger partial charge is 0.341 e. The standard InChI is InChI=1S/C24H28O11/c25-13-16-18(28)19(29)20(30)22(33-16)34-21(15-9-5-2-6-10-15)35-23(31)24(32,12-17(26)27)11-14-7-3-1-4-8-14/h1-10,16,18-22,25,28-30,32H,11-13H2,(H,26,27)/t16-,18-,19+,20-,21?,22?,24?/m1/s1. The summed E-state index contributed by atoms with van der Waals surface area (Å²) >= 11 is 0. The highest BCUT2D eigenvalue weighted by Gasteiger charge is 2.47. The summed E-state index contributed by atoms with van der Waals surface area (Å²) in [6.45, 7) is -0.698. The Balaban J connectivity index is 1.86. The molecular formula is C24H28O11. The second-order valence-electron chi connectivity index (χ2n) is 8.25. The number of hydrogen-bond donors (Lipinski definition) is 6. The minimum Gasteiger partial charge on any atom is -0.481 e. The Hall–Kier alpha value is -2.90. The molecule has 0 radical (unpaired) electrons. The van der Waals surface area contributed by atoms with Crippen molar-refractivity contribution in [2.75, 3.05) is 6.61 Å². The molecule has 1 fully saturated rings. The molecule has 11 heteroatoms. The Labute approximate surface area is 200 Å². The first-order valence-electron chi connectivity index (χ1n) is 10.8. The van der Waals surface area contributed by atoms with Crippen molar-refractivity contribution in [3.8, 4) is 0 Å². The van der Waals surface area contributed by atoms with Gasteiger partial charge in [0.05, 0.1) is 13.0 Å². The van der Waals surface area contributed by atoms with Crippen molar-refractivity contribution >= 4 is 11.9 Å². The van der Waals surface area contributed by atoms with Crippen LogP contribution in [-0.2, 0) is 30.2 Å². The number of esters is 1. The molecule has 1 saturated heterocycles. The third kappa shape index (κ3) is 6.61. The van der Waals surface area contributed by atoms with Crippen LogP contribution in [0.15, 0.2) is 60.7 Å². The lowest BCUT2D eigenvalue weighted by Crippen LogP contribution is -2.59. The van der Waals surface area contributed by atoms with Crippen LogP contribution in [0.2, 0.25) is 0 Å². The molecule has 3 unspecified atom stereocenters. The number of hydrogen-bond acceptors (Lipinski definition) is 10. The fourth-order valence-corrected chi connectivity index (χ4v) is 3.68. The van der Waals surface area contributed by atoms with Crippen LogP contribution in [-0.4, -0.2) is 85.5 Å². The van der Waals surface area contributed by atoms with Crippen LogP contribution in [0.5, 0.6) is 0 Å². The zero-order valence-electron chi connectivity index (χ0n) is 18.6. The first kappa shape index (κ1) is 26.7. The van der Waals surface area contributed by atoms with Gasteiger partial charge in [0.25, 0.3) is 0 Å². The lowest BCUT2D eigenvalue weighted by atomic mass is 9.91. The molecule has 3 rings (SSSR count). The van der Waals surface area contributed by atoms with Crippen molar-refractivity contribution in [1.29, 1.82) is 0 Å². The summed E-state index contributed by atoms with van der Waals surface area (Å²) < 4.78 is 16.3. The van der Waals surface area contributed by atoms with Crippen LogP contribution in [0.1, 0.15) is 23.8 Å². The molecule has 35 heavy (non-hydrogen) atoms. The first-order chi connectivity index (χ1) is 16.6. The fraction of sp³-hybridized carbons (Fsp3) is 0.417. The highest BCUT2D eigenvalue weighted by atomic mass is 16.8. The quantitative estimate of drug-likeness (QED) is 0.186. The van der Waals surface area contributed by atoms with Gasteiger partial charge in [0.1, 0.15) is 24.4 Å². The number of benzene rings is 2. The predicted octanol–water partition coefficient (Wildman–Crippen LogP) is -0.507. The highest BCUT2D eigenvalue weighted by molar-refractivity contribution is 5.85. The Bertz CT molecular complexity index is 968. The van der Waals surface area contributed by atoms with Crippen LogP contribution in [0, 0.1) is 0 Å². The second kappa shape index (κ2) is 11.7. The number of ether oxygens (including phenoxy) is 3. The molecule has 1 heterocycles. The summed E-state index contributed by atoms with van der Waals surface area (Å²) in [7, 11) is 0. The molecule has 2 aromatic carbocycles. The number of aliphatic hydroxyl groups is 5. The topological polar surface area (TPSA) is 183 Å². The van der Waals surface area contributed by atoms with Crippen LogP contribution in [0.3, 0.4) is 0 Å². The highest BCUT2D eigenvalue weighted by Crippen LogP contribution is 2.30. The summed E-state index contributed by atoms with van der Waals surface area (Å²) in [5.41, 5.74) is -1.73.